The van der Waals surface area contributed by atoms with Crippen LogP contribution in [0.15, 0.2) is 0 Å². The molecule has 0 saturated carbocycles. The molecule has 11 nitrogen and oxygen atoms in total. The van der Waals surface area contributed by atoms with Gasteiger partial charge < -0.3 is 16.0 Å². The molecule has 0 radical (unpaired) electrons. The van der Waals surface area contributed by atoms with Crippen molar-refractivity contribution in [3.63, 3.8) is 0 Å². The van der Waals surface area contributed by atoms with E-state index >= 15 is 0 Å². The van der Waals surface area contributed by atoms with Gasteiger partial charge in [0.15, 0.2) is 0 Å². The maximum atomic E-state index is 12.1. The number of amides is 3. The molecule has 0 aromatic carbocycles. The molecular formula is C10H17N5O6S. The Kier molecular flexibility index (Phi) is 4.37. The molecule has 2 rings (SSSR count). The molecule has 0 aromatic heterocycles. The Morgan fingerprint density at radius 1 is 1.55 bits per heavy atom. The summed E-state index contributed by atoms with van der Waals surface area (Å²) >= 11 is 0. The monoisotopic (exact) mass is 335 g/mol. The topological polar surface area (TPSA) is 166 Å². The van der Waals surface area contributed by atoms with Gasteiger partial charge in [-0.3, -0.25) is 14.8 Å². The molecule has 2 saturated heterocycles. The lowest BCUT2D eigenvalue weighted by atomic mass is 10.00. The molecule has 2 aliphatic heterocycles. The van der Waals surface area contributed by atoms with Crippen LogP contribution >= 0.6 is 0 Å². The molecule has 0 aliphatic carbocycles. The number of amidine groups is 1. The lowest BCUT2D eigenvalue weighted by Crippen LogP contribution is -2.53. The fourth-order valence-corrected chi connectivity index (χ4v) is 2.85. The molecule has 5 N–H and O–H groups in total. The van der Waals surface area contributed by atoms with Crippen molar-refractivity contribution in [2.24, 2.45) is 5.73 Å². The van der Waals surface area contributed by atoms with Crippen LogP contribution in [0, 0.1) is 5.41 Å². The Labute approximate surface area is 126 Å². The summed E-state index contributed by atoms with van der Waals surface area (Å²) < 4.78 is 34.5. The van der Waals surface area contributed by atoms with Gasteiger partial charge in [-0.15, -0.1) is 4.28 Å². The molecule has 2 fully saturated rings. The van der Waals surface area contributed by atoms with Crippen LogP contribution in [0.3, 0.4) is 0 Å². The standard InChI is InChI=1S/C10H17N5O6S/c1-5(11)9(16)13-8(12)7-3-2-6-4-14(7)10(17)15(6)21-22(18,19)20/h5-7H,2-4,11H2,1H3,(H2,12,13,16)(H,18,19,20)/t5-,6+,7-/m0/s1. The van der Waals surface area contributed by atoms with E-state index < -0.39 is 40.5 Å². The lowest BCUT2D eigenvalue weighted by molar-refractivity contribution is -0.120. The average molecular weight is 335 g/mol. The van der Waals surface area contributed by atoms with Crippen LogP contribution in [0.5, 0.6) is 0 Å². The molecule has 2 aliphatic rings. The fraction of sp³-hybridized carbons (Fsp3) is 0.700. The van der Waals surface area contributed by atoms with Crippen molar-refractivity contribution in [3.05, 3.63) is 0 Å². The molecule has 22 heavy (non-hydrogen) atoms. The minimum absolute atomic E-state index is 0.134. The summed E-state index contributed by atoms with van der Waals surface area (Å²) in [4.78, 5) is 24.8. The largest absolute Gasteiger partial charge is 0.418 e. The van der Waals surface area contributed by atoms with Crippen LogP contribution < -0.4 is 11.1 Å². The number of hydrogen-bond donors (Lipinski definition) is 4. The van der Waals surface area contributed by atoms with Gasteiger partial charge in [0.2, 0.25) is 5.91 Å². The van der Waals surface area contributed by atoms with Crippen LogP contribution in [0.1, 0.15) is 19.8 Å². The van der Waals surface area contributed by atoms with Gasteiger partial charge in [0.05, 0.1) is 18.1 Å². The van der Waals surface area contributed by atoms with E-state index in [9.17, 15) is 18.0 Å². The number of fused-ring (bicyclic) bond motifs is 2. The van der Waals surface area contributed by atoms with Crippen molar-refractivity contribution in [1.29, 1.82) is 5.41 Å². The zero-order valence-corrected chi connectivity index (χ0v) is 12.5. The average Bonchev–Trinajstić information content (AvgIpc) is 2.62. The minimum atomic E-state index is -4.81. The lowest BCUT2D eigenvalue weighted by Gasteiger charge is -2.30. The predicted octanol–water partition coefficient (Wildman–Crippen LogP) is -1.57. The molecule has 3 atom stereocenters. The maximum Gasteiger partial charge on any atom is 0.418 e. The van der Waals surface area contributed by atoms with Crippen molar-refractivity contribution >= 4 is 28.2 Å². The van der Waals surface area contributed by atoms with Gasteiger partial charge in [-0.1, -0.05) is 0 Å². The molecule has 12 heteroatoms. The second-order valence-corrected chi connectivity index (χ2v) is 6.21. The highest BCUT2D eigenvalue weighted by atomic mass is 32.3. The Morgan fingerprint density at radius 2 is 2.18 bits per heavy atom. The fourth-order valence-electron chi connectivity index (χ4n) is 2.46. The second kappa shape index (κ2) is 5.79. The number of hydroxylamine groups is 2. The van der Waals surface area contributed by atoms with Crippen molar-refractivity contribution in [3.8, 4) is 0 Å². The van der Waals surface area contributed by atoms with Gasteiger partial charge in [0.25, 0.3) is 0 Å². The third kappa shape index (κ3) is 3.35. The number of hydrogen-bond acceptors (Lipinski definition) is 7. The van der Waals surface area contributed by atoms with E-state index in [-0.39, 0.29) is 12.4 Å². The number of rotatable bonds is 4. The van der Waals surface area contributed by atoms with Gasteiger partial charge >= 0.3 is 16.4 Å². The second-order valence-electron chi connectivity index (χ2n) is 5.20. The van der Waals surface area contributed by atoms with E-state index in [1.54, 1.807) is 0 Å². The number of carbonyl (C=O) groups excluding carboxylic acids is 2. The first kappa shape index (κ1) is 16.6. The summed E-state index contributed by atoms with van der Waals surface area (Å²) in [5.41, 5.74) is 5.40. The summed E-state index contributed by atoms with van der Waals surface area (Å²) in [5.74, 6) is -0.743. The van der Waals surface area contributed by atoms with Gasteiger partial charge in [-0.05, 0) is 19.8 Å². The Hall–Kier alpha value is -1.76. The first-order valence-corrected chi connectivity index (χ1v) is 7.88. The number of piperidine rings is 1. The van der Waals surface area contributed by atoms with Crippen molar-refractivity contribution in [1.82, 2.24) is 15.3 Å². The molecule has 2 heterocycles. The van der Waals surface area contributed by atoms with E-state index in [1.807, 2.05) is 0 Å². The number of nitrogens with zero attached hydrogens (tertiary/aromatic N) is 2. The first-order valence-electron chi connectivity index (χ1n) is 6.52. The zero-order chi connectivity index (χ0) is 16.7. The summed E-state index contributed by atoms with van der Waals surface area (Å²) in [6.45, 7) is 1.59. The van der Waals surface area contributed by atoms with E-state index in [0.29, 0.717) is 17.9 Å². The van der Waals surface area contributed by atoms with Crippen molar-refractivity contribution in [2.75, 3.05) is 6.54 Å². The third-order valence-corrected chi connectivity index (χ3v) is 3.85. The zero-order valence-electron chi connectivity index (χ0n) is 11.7. The van der Waals surface area contributed by atoms with Crippen LogP contribution in [0.25, 0.3) is 0 Å². The van der Waals surface area contributed by atoms with Crippen molar-refractivity contribution < 1.29 is 26.8 Å². The quantitative estimate of drug-likeness (QED) is 0.273. The molecule has 0 spiro atoms. The predicted molar refractivity (Wildman–Crippen MR) is 72.9 cm³/mol. The number of carbonyl (C=O) groups is 2. The Bertz CT molecular complexity index is 605. The van der Waals surface area contributed by atoms with E-state index in [2.05, 4.69) is 9.60 Å². The SMILES string of the molecule is C[C@H](N)C(=O)NC(=N)[C@@H]1CC[C@@H]2CN1C(=O)N2OS(=O)(=O)O. The molecule has 2 bridgehead atoms. The van der Waals surface area contributed by atoms with Gasteiger partial charge in [-0.2, -0.15) is 13.5 Å². The molecule has 0 aromatic rings. The maximum absolute atomic E-state index is 12.1. The van der Waals surface area contributed by atoms with Gasteiger partial charge in [0, 0.05) is 6.54 Å². The summed E-state index contributed by atoms with van der Waals surface area (Å²) in [7, 11) is -4.81. The minimum Gasteiger partial charge on any atom is -0.320 e. The third-order valence-electron chi connectivity index (χ3n) is 3.50. The molecule has 3 amide bonds. The number of urea groups is 1. The first-order chi connectivity index (χ1) is 10.1. The Balaban J connectivity index is 2.09. The molecule has 124 valence electrons. The molecule has 0 unspecified atom stereocenters. The van der Waals surface area contributed by atoms with E-state index in [4.69, 9.17) is 15.7 Å². The number of nitrogens with one attached hydrogen (secondary N) is 2. The normalized spacial score (nSPS) is 26.0. The number of nitrogens with two attached hydrogens (primary N) is 1. The summed E-state index contributed by atoms with van der Waals surface area (Å²) in [5, 5.41) is 10.8. The van der Waals surface area contributed by atoms with Crippen LogP contribution in [0.2, 0.25) is 0 Å². The molecular weight excluding hydrogens is 318 g/mol. The van der Waals surface area contributed by atoms with Gasteiger partial charge in [-0.25, -0.2) is 4.79 Å². The smallest absolute Gasteiger partial charge is 0.320 e. The van der Waals surface area contributed by atoms with E-state index in [1.165, 1.54) is 11.8 Å². The van der Waals surface area contributed by atoms with E-state index in [0.717, 1.165) is 0 Å². The highest BCUT2D eigenvalue weighted by molar-refractivity contribution is 7.80. The van der Waals surface area contributed by atoms with Crippen LogP contribution in [-0.4, -0.2) is 65.4 Å². The van der Waals surface area contributed by atoms with Crippen molar-refractivity contribution in [2.45, 2.75) is 37.9 Å². The summed E-state index contributed by atoms with van der Waals surface area (Å²) in [6.07, 6.45) is 0.707. The Morgan fingerprint density at radius 3 is 2.73 bits per heavy atom. The van der Waals surface area contributed by atoms with Crippen LogP contribution in [0.4, 0.5) is 4.79 Å². The highest BCUT2D eigenvalue weighted by Crippen LogP contribution is 2.30. The van der Waals surface area contributed by atoms with Crippen LogP contribution in [-0.2, 0) is 19.5 Å². The summed E-state index contributed by atoms with van der Waals surface area (Å²) in [6, 6.07) is -2.83. The van der Waals surface area contributed by atoms with Gasteiger partial charge in [0.1, 0.15) is 5.84 Å². The highest BCUT2D eigenvalue weighted by Gasteiger charge is 2.48.